The second-order valence-electron chi connectivity index (χ2n) is 6.43. The standard InChI is InChI=1S/C22H23NO5/c1-16-21(18-11-7-4-8-12-18)28-19(13-14-20(24)26-2)23(16)22(25)27-15-17-9-5-3-6-10-17/h3-14,16,19,21H,15H2,1-2H3/b14-13+/t16-,19-,21-/m0/s1. The fraction of sp³-hybridized carbons (Fsp3) is 0.273. The lowest BCUT2D eigenvalue weighted by molar-refractivity contribution is -0.134. The second-order valence-corrected chi connectivity index (χ2v) is 6.43. The Balaban J connectivity index is 1.78. The van der Waals surface area contributed by atoms with E-state index in [-0.39, 0.29) is 18.8 Å². The van der Waals surface area contributed by atoms with Crippen molar-refractivity contribution in [3.8, 4) is 0 Å². The molecule has 6 heteroatoms. The van der Waals surface area contributed by atoms with Gasteiger partial charge in [-0.1, -0.05) is 60.7 Å². The molecule has 2 aromatic rings. The van der Waals surface area contributed by atoms with Crippen LogP contribution in [0.4, 0.5) is 4.79 Å². The smallest absolute Gasteiger partial charge is 0.412 e. The fourth-order valence-electron chi connectivity index (χ4n) is 3.14. The molecule has 0 unspecified atom stereocenters. The highest BCUT2D eigenvalue weighted by molar-refractivity contribution is 5.82. The summed E-state index contributed by atoms with van der Waals surface area (Å²) in [6.07, 6.45) is 1.19. The summed E-state index contributed by atoms with van der Waals surface area (Å²) in [5.74, 6) is -0.517. The van der Waals surface area contributed by atoms with Gasteiger partial charge in [-0.15, -0.1) is 0 Å². The molecule has 0 aromatic heterocycles. The number of benzene rings is 2. The molecule has 1 aliphatic rings. The van der Waals surface area contributed by atoms with Crippen LogP contribution in [0.1, 0.15) is 24.2 Å². The van der Waals surface area contributed by atoms with Gasteiger partial charge in [0, 0.05) is 6.08 Å². The largest absolute Gasteiger partial charge is 0.466 e. The van der Waals surface area contributed by atoms with E-state index in [1.807, 2.05) is 67.6 Å². The van der Waals surface area contributed by atoms with Crippen molar-refractivity contribution in [2.75, 3.05) is 7.11 Å². The predicted octanol–water partition coefficient (Wildman–Crippen LogP) is 3.84. The minimum atomic E-state index is -0.734. The first-order valence-electron chi connectivity index (χ1n) is 9.05. The molecule has 6 nitrogen and oxygen atoms in total. The summed E-state index contributed by atoms with van der Waals surface area (Å²) < 4.78 is 16.2. The molecule has 0 spiro atoms. The zero-order valence-electron chi connectivity index (χ0n) is 15.9. The highest BCUT2D eigenvalue weighted by atomic mass is 16.6. The number of amides is 1. The van der Waals surface area contributed by atoms with Crippen LogP contribution in [0.15, 0.2) is 72.8 Å². The molecule has 1 heterocycles. The van der Waals surface area contributed by atoms with Crippen molar-refractivity contribution in [3.63, 3.8) is 0 Å². The van der Waals surface area contributed by atoms with Gasteiger partial charge in [0.05, 0.1) is 13.2 Å². The number of esters is 1. The summed E-state index contributed by atoms with van der Waals surface area (Å²) in [5, 5.41) is 0. The van der Waals surface area contributed by atoms with Crippen LogP contribution in [-0.2, 0) is 25.6 Å². The molecule has 1 amide bonds. The number of carbonyl (C=O) groups is 2. The normalized spacial score (nSPS) is 21.6. The maximum atomic E-state index is 12.8. The first kappa shape index (κ1) is 19.6. The Labute approximate surface area is 164 Å². The maximum Gasteiger partial charge on any atom is 0.412 e. The zero-order valence-corrected chi connectivity index (χ0v) is 15.9. The summed E-state index contributed by atoms with van der Waals surface area (Å²) >= 11 is 0. The molecule has 0 bridgehead atoms. The van der Waals surface area contributed by atoms with Crippen molar-refractivity contribution in [1.82, 2.24) is 4.90 Å². The Kier molecular flexibility index (Phi) is 6.45. The third-order valence-corrected chi connectivity index (χ3v) is 4.58. The number of ether oxygens (including phenoxy) is 3. The van der Waals surface area contributed by atoms with E-state index in [2.05, 4.69) is 4.74 Å². The maximum absolute atomic E-state index is 12.8. The molecular weight excluding hydrogens is 358 g/mol. The Morgan fingerprint density at radius 3 is 2.36 bits per heavy atom. The average molecular weight is 381 g/mol. The monoisotopic (exact) mass is 381 g/mol. The first-order valence-corrected chi connectivity index (χ1v) is 9.05. The van der Waals surface area contributed by atoms with Crippen molar-refractivity contribution < 1.29 is 23.8 Å². The first-order chi connectivity index (χ1) is 13.6. The average Bonchev–Trinajstić information content (AvgIpc) is 3.07. The number of nitrogens with zero attached hydrogens (tertiary/aromatic N) is 1. The number of carbonyl (C=O) groups excluding carboxylic acids is 2. The summed E-state index contributed by atoms with van der Waals surface area (Å²) in [7, 11) is 1.30. The van der Waals surface area contributed by atoms with Gasteiger partial charge in [0.2, 0.25) is 0 Å². The predicted molar refractivity (Wildman–Crippen MR) is 103 cm³/mol. The van der Waals surface area contributed by atoms with E-state index in [1.165, 1.54) is 24.2 Å². The highest BCUT2D eigenvalue weighted by Crippen LogP contribution is 2.35. The Morgan fingerprint density at radius 1 is 1.07 bits per heavy atom. The van der Waals surface area contributed by atoms with Crippen LogP contribution >= 0.6 is 0 Å². The third-order valence-electron chi connectivity index (χ3n) is 4.58. The topological polar surface area (TPSA) is 65.1 Å². The lowest BCUT2D eigenvalue weighted by Crippen LogP contribution is -2.40. The van der Waals surface area contributed by atoms with Gasteiger partial charge in [0.1, 0.15) is 12.7 Å². The van der Waals surface area contributed by atoms with Crippen molar-refractivity contribution in [2.24, 2.45) is 0 Å². The molecule has 1 aliphatic heterocycles. The van der Waals surface area contributed by atoms with Crippen molar-refractivity contribution in [1.29, 1.82) is 0 Å². The van der Waals surface area contributed by atoms with E-state index in [1.54, 1.807) is 0 Å². The van der Waals surface area contributed by atoms with E-state index in [0.717, 1.165) is 11.1 Å². The molecule has 3 atom stereocenters. The van der Waals surface area contributed by atoms with Crippen molar-refractivity contribution >= 4 is 12.1 Å². The summed E-state index contributed by atoms with van der Waals surface area (Å²) in [5.41, 5.74) is 1.84. The van der Waals surface area contributed by atoms with Crippen molar-refractivity contribution in [2.45, 2.75) is 31.9 Å². The number of methoxy groups -OCH3 is 1. The Morgan fingerprint density at radius 2 is 1.71 bits per heavy atom. The van der Waals surface area contributed by atoms with Gasteiger partial charge >= 0.3 is 12.1 Å². The molecule has 2 aromatic carbocycles. The van der Waals surface area contributed by atoms with Crippen LogP contribution in [0.3, 0.4) is 0 Å². The number of hydrogen-bond acceptors (Lipinski definition) is 5. The molecule has 0 radical (unpaired) electrons. The van der Waals surface area contributed by atoms with Gasteiger partial charge in [-0.3, -0.25) is 4.90 Å². The van der Waals surface area contributed by atoms with Crippen LogP contribution in [0.2, 0.25) is 0 Å². The lowest BCUT2D eigenvalue weighted by atomic mass is 10.0. The quantitative estimate of drug-likeness (QED) is 0.582. The van der Waals surface area contributed by atoms with Crippen LogP contribution in [0.5, 0.6) is 0 Å². The van der Waals surface area contributed by atoms with E-state index >= 15 is 0 Å². The zero-order chi connectivity index (χ0) is 19.9. The number of hydrogen-bond donors (Lipinski definition) is 0. The third kappa shape index (κ3) is 4.58. The lowest BCUT2D eigenvalue weighted by Gasteiger charge is -2.24. The molecule has 146 valence electrons. The molecule has 1 fully saturated rings. The highest BCUT2D eigenvalue weighted by Gasteiger charge is 2.43. The minimum Gasteiger partial charge on any atom is -0.466 e. The Bertz CT molecular complexity index is 821. The van der Waals surface area contributed by atoms with E-state index in [4.69, 9.17) is 9.47 Å². The van der Waals surface area contributed by atoms with Crippen LogP contribution in [0, 0.1) is 0 Å². The number of rotatable bonds is 5. The van der Waals surface area contributed by atoms with Crippen LogP contribution in [0.25, 0.3) is 0 Å². The van der Waals surface area contributed by atoms with Crippen LogP contribution < -0.4 is 0 Å². The summed E-state index contributed by atoms with van der Waals surface area (Å²) in [6, 6.07) is 18.8. The Hall–Kier alpha value is -3.12. The molecule has 3 rings (SSSR count). The van der Waals surface area contributed by atoms with E-state index in [9.17, 15) is 9.59 Å². The molecule has 0 saturated carbocycles. The summed E-state index contributed by atoms with van der Waals surface area (Å²) in [6.45, 7) is 2.06. The summed E-state index contributed by atoms with van der Waals surface area (Å²) in [4.78, 5) is 25.8. The molecule has 0 aliphatic carbocycles. The van der Waals surface area contributed by atoms with Gasteiger partial charge in [-0.25, -0.2) is 9.59 Å². The van der Waals surface area contributed by atoms with E-state index in [0.29, 0.717) is 0 Å². The van der Waals surface area contributed by atoms with E-state index < -0.39 is 18.3 Å². The second kappa shape index (κ2) is 9.19. The molecule has 0 N–H and O–H groups in total. The van der Waals surface area contributed by atoms with Gasteiger partial charge in [0.15, 0.2) is 6.23 Å². The van der Waals surface area contributed by atoms with Gasteiger partial charge in [-0.2, -0.15) is 0 Å². The fourth-order valence-corrected chi connectivity index (χ4v) is 3.14. The van der Waals surface area contributed by atoms with Gasteiger partial charge < -0.3 is 14.2 Å². The molecule has 1 saturated heterocycles. The van der Waals surface area contributed by atoms with Gasteiger partial charge in [0.25, 0.3) is 0 Å². The van der Waals surface area contributed by atoms with Crippen molar-refractivity contribution in [3.05, 3.63) is 83.9 Å². The minimum absolute atomic E-state index is 0.159. The molecular formula is C22H23NO5. The van der Waals surface area contributed by atoms with Gasteiger partial charge in [-0.05, 0) is 24.1 Å². The molecule has 28 heavy (non-hydrogen) atoms. The SMILES string of the molecule is COC(=O)/C=C/[C@@H]1O[C@H](c2ccccc2)[C@H](C)N1C(=O)OCc1ccccc1. The van der Waals surface area contributed by atoms with Crippen LogP contribution in [-0.4, -0.2) is 36.3 Å².